The summed E-state index contributed by atoms with van der Waals surface area (Å²) in [5.74, 6) is -5.78. The quantitative estimate of drug-likeness (QED) is 0.198. The molecule has 3 fully saturated rings. The number of allylic oxidation sites excluding steroid dienone is 2. The van der Waals surface area contributed by atoms with Gasteiger partial charge in [-0.1, -0.05) is 50.8 Å². The number of aromatic hydroxyl groups is 1. The number of halogens is 5. The highest BCUT2D eigenvalue weighted by molar-refractivity contribution is 9.09. The van der Waals surface area contributed by atoms with Crippen LogP contribution < -0.4 is 4.90 Å². The molecule has 2 aromatic carbocycles. The lowest BCUT2D eigenvalue weighted by Gasteiger charge is -2.50. The number of carbonyl (C=O) groups is 4. The van der Waals surface area contributed by atoms with Gasteiger partial charge in [-0.05, 0) is 61.2 Å². The zero-order chi connectivity index (χ0) is 28.0. The van der Waals surface area contributed by atoms with Crippen LogP contribution in [0.4, 0.5) is 5.69 Å². The molecule has 0 aromatic heterocycles. The van der Waals surface area contributed by atoms with Gasteiger partial charge in [-0.25, -0.2) is 0 Å². The van der Waals surface area contributed by atoms with Crippen molar-refractivity contribution in [3.63, 3.8) is 0 Å². The maximum Gasteiger partial charge on any atom is 0.254 e. The van der Waals surface area contributed by atoms with E-state index < -0.39 is 51.1 Å². The Balaban J connectivity index is 1.53. The van der Waals surface area contributed by atoms with Crippen molar-refractivity contribution in [1.82, 2.24) is 4.90 Å². The zero-order valence-electron chi connectivity index (χ0n) is 19.9. The summed E-state index contributed by atoms with van der Waals surface area (Å²) in [6.45, 7) is 0. The highest BCUT2D eigenvalue weighted by atomic mass is 79.9. The van der Waals surface area contributed by atoms with Gasteiger partial charge in [0.1, 0.15) is 5.75 Å². The first-order valence-electron chi connectivity index (χ1n) is 12.1. The van der Waals surface area contributed by atoms with Crippen LogP contribution in [0.5, 0.6) is 5.75 Å². The number of rotatable bonds is 3. The van der Waals surface area contributed by atoms with Crippen LogP contribution in [-0.4, -0.2) is 48.8 Å². The van der Waals surface area contributed by atoms with E-state index in [9.17, 15) is 24.3 Å². The van der Waals surface area contributed by atoms with Crippen LogP contribution in [0.25, 0.3) is 0 Å². The highest BCUT2D eigenvalue weighted by Crippen LogP contribution is 2.66. The van der Waals surface area contributed by atoms with Gasteiger partial charge in [-0.3, -0.25) is 29.0 Å². The van der Waals surface area contributed by atoms with Gasteiger partial charge in [-0.15, -0.1) is 23.2 Å². The van der Waals surface area contributed by atoms with Gasteiger partial charge < -0.3 is 5.11 Å². The Labute approximate surface area is 251 Å². The number of anilines is 1. The third kappa shape index (κ3) is 3.54. The Morgan fingerprint density at radius 1 is 0.923 bits per heavy atom. The van der Waals surface area contributed by atoms with Gasteiger partial charge in [0.25, 0.3) is 11.8 Å². The van der Waals surface area contributed by atoms with E-state index in [4.69, 9.17) is 46.4 Å². The predicted molar refractivity (Wildman–Crippen MR) is 150 cm³/mol. The molecule has 2 heterocycles. The largest absolute Gasteiger partial charge is 0.508 e. The van der Waals surface area contributed by atoms with E-state index in [2.05, 4.69) is 15.9 Å². The number of hydrogen-bond acceptors (Lipinski definition) is 5. The molecule has 202 valence electrons. The van der Waals surface area contributed by atoms with E-state index in [0.717, 1.165) is 9.80 Å². The van der Waals surface area contributed by atoms with Crippen LogP contribution in [0.1, 0.15) is 24.3 Å². The van der Waals surface area contributed by atoms with E-state index >= 15 is 0 Å². The van der Waals surface area contributed by atoms with Crippen LogP contribution >= 0.6 is 62.3 Å². The maximum atomic E-state index is 13.9. The van der Waals surface area contributed by atoms with Crippen molar-refractivity contribution < 1.29 is 24.3 Å². The number of benzene rings is 2. The fourth-order valence-electron chi connectivity index (χ4n) is 6.70. The second kappa shape index (κ2) is 9.21. The molecule has 1 N–H and O–H groups in total. The summed E-state index contributed by atoms with van der Waals surface area (Å²) in [6.07, 6.45) is 1.85. The minimum absolute atomic E-state index is 0.140. The number of phenols is 1. The molecule has 0 radical (unpaired) electrons. The molecule has 1 saturated carbocycles. The lowest BCUT2D eigenvalue weighted by atomic mass is 9.56. The summed E-state index contributed by atoms with van der Waals surface area (Å²) in [6, 6.07) is 10.7. The van der Waals surface area contributed by atoms with E-state index in [0.29, 0.717) is 16.3 Å². The summed E-state index contributed by atoms with van der Waals surface area (Å²) in [7, 11) is 0. The van der Waals surface area contributed by atoms with E-state index in [1.165, 1.54) is 18.2 Å². The minimum atomic E-state index is -2.02. The zero-order valence-corrected chi connectivity index (χ0v) is 24.5. The average molecular weight is 673 g/mol. The van der Waals surface area contributed by atoms with Crippen molar-refractivity contribution in [2.75, 3.05) is 10.4 Å². The predicted octanol–water partition coefficient (Wildman–Crippen LogP) is 5.61. The molecule has 4 amide bonds. The van der Waals surface area contributed by atoms with Crippen LogP contribution in [0.2, 0.25) is 10.0 Å². The van der Waals surface area contributed by atoms with Crippen molar-refractivity contribution >= 4 is 91.6 Å². The standard InChI is InChI=1S/C27H19BrCl4N2O5/c28-11-33-24(38)26(31)10-18-15(21(27(26,32)25(33)39)17-9-13(30)3-8-19(17)35)6-7-16-20(18)23(37)34(22(16)36)14-4-1-12(29)2-5-14/h1-6,8-9,16,18,20-21,35H,7,10-11H2. The molecule has 2 aromatic rings. The second-order valence-electron chi connectivity index (χ2n) is 10.2. The topological polar surface area (TPSA) is 95.0 Å². The Morgan fingerprint density at radius 3 is 2.26 bits per heavy atom. The molecule has 4 aliphatic rings. The minimum Gasteiger partial charge on any atom is -0.508 e. The number of fused-ring (bicyclic) bond motifs is 4. The molecule has 2 aliphatic heterocycles. The molecule has 6 unspecified atom stereocenters. The molecule has 12 heteroatoms. The molecule has 2 aliphatic carbocycles. The lowest BCUT2D eigenvalue weighted by Crippen LogP contribution is -2.60. The Kier molecular flexibility index (Phi) is 6.40. The van der Waals surface area contributed by atoms with Crippen LogP contribution in [0.3, 0.4) is 0 Å². The van der Waals surface area contributed by atoms with Gasteiger partial charge >= 0.3 is 0 Å². The van der Waals surface area contributed by atoms with Gasteiger partial charge in [-0.2, -0.15) is 0 Å². The summed E-state index contributed by atoms with van der Waals surface area (Å²) < 4.78 is 0. The van der Waals surface area contributed by atoms with Crippen molar-refractivity contribution in [2.24, 2.45) is 17.8 Å². The van der Waals surface area contributed by atoms with Crippen molar-refractivity contribution in [3.8, 4) is 5.75 Å². The highest BCUT2D eigenvalue weighted by Gasteiger charge is 2.76. The number of likely N-dealkylation sites (tertiary alicyclic amines) is 1. The summed E-state index contributed by atoms with van der Waals surface area (Å²) in [5, 5.41) is 11.6. The third-order valence-electron chi connectivity index (χ3n) is 8.40. The molecule has 6 rings (SSSR count). The number of phenolic OH excluding ortho intramolecular Hbond substituents is 1. The maximum absolute atomic E-state index is 13.9. The van der Waals surface area contributed by atoms with Gasteiger partial charge in [0.2, 0.25) is 11.8 Å². The summed E-state index contributed by atoms with van der Waals surface area (Å²) in [4.78, 5) is 53.0. The molecule has 39 heavy (non-hydrogen) atoms. The first-order valence-corrected chi connectivity index (χ1v) is 14.7. The molecule has 7 nitrogen and oxygen atoms in total. The van der Waals surface area contributed by atoms with Crippen molar-refractivity contribution in [2.45, 2.75) is 28.5 Å². The second-order valence-corrected chi connectivity index (χ2v) is 12.8. The number of nitrogens with zero attached hydrogens (tertiary/aromatic N) is 2. The summed E-state index contributed by atoms with van der Waals surface area (Å²) in [5.41, 5.74) is 1.02. The first kappa shape index (κ1) is 27.1. The lowest BCUT2D eigenvalue weighted by molar-refractivity contribution is -0.138. The fraction of sp³-hybridized carbons (Fsp3) is 0.333. The fourth-order valence-corrected chi connectivity index (χ4v) is 8.42. The van der Waals surface area contributed by atoms with E-state index in [1.807, 2.05) is 0 Å². The molecule has 0 spiro atoms. The Bertz CT molecular complexity index is 1500. The number of amides is 4. The van der Waals surface area contributed by atoms with Gasteiger partial charge in [0, 0.05) is 21.5 Å². The molecular formula is C27H19BrCl4N2O5. The SMILES string of the molecule is O=C1C2CC=C3C(CC4(Cl)C(=O)N(CBr)C(=O)C4(Cl)C3c3cc(Cl)ccc3O)C2C(=O)N1c1ccc(Cl)cc1. The average Bonchev–Trinajstić information content (AvgIpc) is 3.24. The van der Waals surface area contributed by atoms with Gasteiger partial charge in [0.05, 0.1) is 23.0 Å². The molecule has 2 saturated heterocycles. The van der Waals surface area contributed by atoms with Crippen LogP contribution in [-0.2, 0) is 19.2 Å². The molecule has 0 bridgehead atoms. The number of imide groups is 2. The van der Waals surface area contributed by atoms with E-state index in [1.54, 1.807) is 30.3 Å². The third-order valence-corrected chi connectivity index (χ3v) is 10.8. The monoisotopic (exact) mass is 670 g/mol. The van der Waals surface area contributed by atoms with Crippen LogP contribution in [0.15, 0.2) is 54.1 Å². The Morgan fingerprint density at radius 2 is 1.59 bits per heavy atom. The Hall–Kier alpha value is -2.10. The number of alkyl halides is 3. The van der Waals surface area contributed by atoms with Crippen LogP contribution in [0, 0.1) is 17.8 Å². The molecular weight excluding hydrogens is 654 g/mol. The number of carbonyl (C=O) groups excluding carboxylic acids is 4. The van der Waals surface area contributed by atoms with Crippen molar-refractivity contribution in [3.05, 3.63) is 69.7 Å². The molecule has 6 atom stereocenters. The normalized spacial score (nSPS) is 33.7. The van der Waals surface area contributed by atoms with Crippen molar-refractivity contribution in [1.29, 1.82) is 0 Å². The summed E-state index contributed by atoms with van der Waals surface area (Å²) >= 11 is 29.8. The first-order chi connectivity index (χ1) is 18.5. The van der Waals surface area contributed by atoms with E-state index in [-0.39, 0.29) is 40.5 Å². The smallest absolute Gasteiger partial charge is 0.254 e. The van der Waals surface area contributed by atoms with Gasteiger partial charge in [0.15, 0.2) is 9.75 Å². The number of hydrogen-bond donors (Lipinski definition) is 1.